The number of nitrogens with one attached hydrogen (secondary N) is 1. The molecule has 0 unspecified atom stereocenters. The zero-order chi connectivity index (χ0) is 18.1. The number of non-ortho nitro benzene ring substituents is 1. The second kappa shape index (κ2) is 6.04. The van der Waals surface area contributed by atoms with E-state index in [0.717, 1.165) is 18.2 Å². The fourth-order valence-corrected chi connectivity index (χ4v) is 2.47. The lowest BCUT2D eigenvalue weighted by Gasteiger charge is -2.11. The molecule has 3 aromatic rings. The van der Waals surface area contributed by atoms with Crippen LogP contribution >= 0.6 is 0 Å². The minimum atomic E-state index is -0.747. The van der Waals surface area contributed by atoms with Gasteiger partial charge in [-0.3, -0.25) is 14.9 Å². The summed E-state index contributed by atoms with van der Waals surface area (Å²) in [5, 5.41) is 38.3. The van der Waals surface area contributed by atoms with Crippen LogP contribution in [0.2, 0.25) is 0 Å². The molecule has 3 rings (SSSR count). The molecule has 0 radical (unpaired) electrons. The van der Waals surface area contributed by atoms with Gasteiger partial charge in [-0.25, -0.2) is 0 Å². The van der Waals surface area contributed by atoms with Gasteiger partial charge in [-0.2, -0.15) is 4.73 Å². The number of carbonyl (C=O) groups excluding carboxylic acids is 1. The molecule has 25 heavy (non-hydrogen) atoms. The number of fused-ring (bicyclic) bond motifs is 1. The summed E-state index contributed by atoms with van der Waals surface area (Å²) in [7, 11) is 0. The number of hydrogen-bond donors (Lipinski definition) is 1. The fourth-order valence-electron chi connectivity index (χ4n) is 2.47. The lowest BCUT2D eigenvalue weighted by atomic mass is 10.2. The second-order valence-electron chi connectivity index (χ2n) is 5.27. The highest BCUT2D eigenvalue weighted by Gasteiger charge is 2.31. The van der Waals surface area contributed by atoms with Crippen LogP contribution in [0.1, 0.15) is 16.2 Å². The third kappa shape index (κ3) is 2.78. The third-order valence-corrected chi connectivity index (χ3v) is 3.70. The molecule has 2 aromatic carbocycles. The second-order valence-corrected chi connectivity index (χ2v) is 5.27. The van der Waals surface area contributed by atoms with E-state index in [1.807, 2.05) is 0 Å². The first-order valence-corrected chi connectivity index (χ1v) is 7.20. The molecule has 9 heteroatoms. The summed E-state index contributed by atoms with van der Waals surface area (Å²) in [5.41, 5.74) is -0.704. The number of nitro benzene ring substituents is 1. The molecule has 0 aliphatic carbocycles. The molecule has 0 aliphatic rings. The Balaban J connectivity index is 2.14. The van der Waals surface area contributed by atoms with Gasteiger partial charge >= 0.3 is 11.6 Å². The number of amides is 1. The van der Waals surface area contributed by atoms with Crippen molar-refractivity contribution < 1.29 is 19.2 Å². The molecule has 0 saturated carbocycles. The standard InChI is InChI=1S/C16H12N4O5/c1-10-15(16(21)17-11-5-3-2-4-6-11)19(23)13-8-7-12(20(24)25)9-14(13)18(10)22/h2-9H,1H3,(H,17,21). The van der Waals surface area contributed by atoms with Gasteiger partial charge in [0.05, 0.1) is 11.0 Å². The van der Waals surface area contributed by atoms with E-state index in [2.05, 4.69) is 5.32 Å². The number of benzene rings is 2. The van der Waals surface area contributed by atoms with Crippen molar-refractivity contribution in [1.29, 1.82) is 0 Å². The molecule has 1 heterocycles. The zero-order valence-corrected chi connectivity index (χ0v) is 13.0. The highest BCUT2D eigenvalue weighted by Crippen LogP contribution is 2.17. The Morgan fingerprint density at radius 2 is 1.72 bits per heavy atom. The number of hydrogen-bond acceptors (Lipinski definition) is 5. The average molecular weight is 340 g/mol. The van der Waals surface area contributed by atoms with Gasteiger partial charge in [0.15, 0.2) is 0 Å². The number of rotatable bonds is 3. The average Bonchev–Trinajstić information content (AvgIpc) is 2.60. The van der Waals surface area contributed by atoms with Crippen LogP contribution in [0.5, 0.6) is 0 Å². The minimum Gasteiger partial charge on any atom is -0.618 e. The number of nitro groups is 1. The lowest BCUT2D eigenvalue weighted by Crippen LogP contribution is -2.47. The third-order valence-electron chi connectivity index (χ3n) is 3.70. The predicted octanol–water partition coefficient (Wildman–Crippen LogP) is 1.58. The topological polar surface area (TPSA) is 126 Å². The smallest absolute Gasteiger partial charge is 0.351 e. The summed E-state index contributed by atoms with van der Waals surface area (Å²) in [6, 6.07) is 11.7. The van der Waals surface area contributed by atoms with Gasteiger partial charge in [-0.05, 0) is 12.1 Å². The number of nitrogens with zero attached hydrogens (tertiary/aromatic N) is 3. The van der Waals surface area contributed by atoms with E-state index in [4.69, 9.17) is 0 Å². The van der Waals surface area contributed by atoms with E-state index in [1.54, 1.807) is 30.3 Å². The monoisotopic (exact) mass is 340 g/mol. The Hall–Kier alpha value is -3.75. The van der Waals surface area contributed by atoms with Crippen molar-refractivity contribution in [2.24, 2.45) is 0 Å². The molecule has 0 bridgehead atoms. The molecule has 1 amide bonds. The zero-order valence-electron chi connectivity index (χ0n) is 13.0. The minimum absolute atomic E-state index is 0.135. The van der Waals surface area contributed by atoms with Crippen LogP contribution in [-0.2, 0) is 0 Å². The maximum atomic E-state index is 12.5. The van der Waals surface area contributed by atoms with E-state index in [9.17, 15) is 25.3 Å². The van der Waals surface area contributed by atoms with Crippen molar-refractivity contribution in [2.45, 2.75) is 6.92 Å². The first kappa shape index (κ1) is 16.1. The summed E-state index contributed by atoms with van der Waals surface area (Å²) in [4.78, 5) is 22.6. The highest BCUT2D eigenvalue weighted by molar-refractivity contribution is 6.02. The molecule has 9 nitrogen and oxygen atoms in total. The molecular weight excluding hydrogens is 328 g/mol. The largest absolute Gasteiger partial charge is 0.618 e. The van der Waals surface area contributed by atoms with Gasteiger partial charge in [0.1, 0.15) is 0 Å². The first-order chi connectivity index (χ1) is 11.9. The van der Waals surface area contributed by atoms with Gasteiger partial charge < -0.3 is 15.7 Å². The Morgan fingerprint density at radius 1 is 1.04 bits per heavy atom. The molecule has 1 aromatic heterocycles. The molecule has 0 aliphatic heterocycles. The van der Waals surface area contributed by atoms with Crippen molar-refractivity contribution in [2.75, 3.05) is 5.32 Å². The fraction of sp³-hybridized carbons (Fsp3) is 0.0625. The van der Waals surface area contributed by atoms with Gasteiger partial charge in [-0.1, -0.05) is 18.2 Å². The Labute approximate surface area is 141 Å². The number of carbonyl (C=O) groups is 1. The van der Waals surface area contributed by atoms with Gasteiger partial charge in [0.2, 0.25) is 0 Å². The van der Waals surface area contributed by atoms with E-state index in [1.165, 1.54) is 6.92 Å². The molecule has 126 valence electrons. The Kier molecular flexibility index (Phi) is 3.89. The molecule has 0 saturated heterocycles. The highest BCUT2D eigenvalue weighted by atomic mass is 16.6. The van der Waals surface area contributed by atoms with Crippen molar-refractivity contribution in [1.82, 2.24) is 0 Å². The van der Waals surface area contributed by atoms with Gasteiger partial charge in [-0.15, -0.1) is 4.73 Å². The quantitative estimate of drug-likeness (QED) is 0.335. The summed E-state index contributed by atoms with van der Waals surface area (Å²) in [6.07, 6.45) is 0. The van der Waals surface area contributed by atoms with E-state index in [0.29, 0.717) is 15.1 Å². The van der Waals surface area contributed by atoms with Crippen LogP contribution in [0.3, 0.4) is 0 Å². The van der Waals surface area contributed by atoms with Crippen molar-refractivity contribution in [3.05, 3.63) is 80.4 Å². The van der Waals surface area contributed by atoms with Crippen molar-refractivity contribution in [3.8, 4) is 0 Å². The molecule has 0 spiro atoms. The van der Waals surface area contributed by atoms with Crippen LogP contribution in [0.25, 0.3) is 11.0 Å². The summed E-state index contributed by atoms with van der Waals surface area (Å²) in [6.45, 7) is 1.31. The van der Waals surface area contributed by atoms with E-state index in [-0.39, 0.29) is 28.1 Å². The molecule has 0 atom stereocenters. The van der Waals surface area contributed by atoms with Crippen molar-refractivity contribution >= 4 is 28.3 Å². The van der Waals surface area contributed by atoms with Crippen LogP contribution in [0, 0.1) is 27.5 Å². The van der Waals surface area contributed by atoms with Gasteiger partial charge in [0, 0.05) is 24.7 Å². The summed E-state index contributed by atoms with van der Waals surface area (Å²) in [5.74, 6) is -0.747. The van der Waals surface area contributed by atoms with E-state index >= 15 is 0 Å². The molecule has 0 fully saturated rings. The molecular formula is C16H12N4O5. The van der Waals surface area contributed by atoms with Gasteiger partial charge in [0.25, 0.3) is 22.4 Å². The summed E-state index contributed by atoms with van der Waals surface area (Å²) < 4.78 is 0.651. The van der Waals surface area contributed by atoms with Crippen molar-refractivity contribution in [3.63, 3.8) is 0 Å². The first-order valence-electron chi connectivity index (χ1n) is 7.20. The van der Waals surface area contributed by atoms with Crippen LogP contribution in [0.4, 0.5) is 11.4 Å². The molecule has 1 N–H and O–H groups in total. The van der Waals surface area contributed by atoms with E-state index < -0.39 is 10.8 Å². The Bertz CT molecular complexity index is 1000. The number of anilines is 1. The van der Waals surface area contributed by atoms with Crippen LogP contribution < -0.4 is 14.8 Å². The number of para-hydroxylation sites is 1. The predicted molar refractivity (Wildman–Crippen MR) is 87.7 cm³/mol. The Morgan fingerprint density at radius 3 is 2.36 bits per heavy atom. The number of aromatic nitrogens is 2. The van der Waals surface area contributed by atoms with Crippen LogP contribution in [-0.4, -0.2) is 10.8 Å². The lowest BCUT2D eigenvalue weighted by molar-refractivity contribution is -0.635. The SMILES string of the molecule is Cc1c(C(=O)Nc2ccccc2)[n+]([O-])c2ccc([N+](=O)[O-])cc2[n+]1[O-]. The normalized spacial score (nSPS) is 10.6. The maximum absolute atomic E-state index is 12.5. The maximum Gasteiger partial charge on any atom is 0.351 e. The summed E-state index contributed by atoms with van der Waals surface area (Å²) >= 11 is 0. The van der Waals surface area contributed by atoms with Crippen LogP contribution in [0.15, 0.2) is 48.5 Å².